The van der Waals surface area contributed by atoms with E-state index < -0.39 is 5.97 Å². The number of pyridine rings is 1. The van der Waals surface area contributed by atoms with Crippen molar-refractivity contribution in [3.63, 3.8) is 0 Å². The topological polar surface area (TPSA) is 78.5 Å². The number of aromatic nitrogens is 4. The molecule has 4 rings (SSSR count). The Balaban J connectivity index is 1.51. The van der Waals surface area contributed by atoms with Crippen LogP contribution in [0.25, 0.3) is 11.3 Å². The van der Waals surface area contributed by atoms with Crippen LogP contribution in [0.2, 0.25) is 0 Å². The third-order valence-electron chi connectivity index (χ3n) is 4.66. The first-order valence-electron chi connectivity index (χ1n) is 8.88. The zero-order chi connectivity index (χ0) is 20.5. The third kappa shape index (κ3) is 3.71. The van der Waals surface area contributed by atoms with Crippen molar-refractivity contribution in [3.05, 3.63) is 82.0 Å². The molecule has 3 heterocycles. The fourth-order valence-electron chi connectivity index (χ4n) is 3.30. The highest BCUT2D eigenvalue weighted by molar-refractivity contribution is 9.10. The molecule has 0 unspecified atom stereocenters. The molecule has 0 fully saturated rings. The van der Waals surface area contributed by atoms with Crippen LogP contribution >= 0.6 is 15.9 Å². The number of nitrogens with zero attached hydrogens (tertiary/aromatic N) is 4. The molecule has 0 atom stereocenters. The number of carbonyl (C=O) groups excluding carboxylic acids is 2. The molecule has 29 heavy (non-hydrogen) atoms. The number of halogens is 1. The predicted molar refractivity (Wildman–Crippen MR) is 111 cm³/mol. The van der Waals surface area contributed by atoms with Crippen LogP contribution in [0.5, 0.6) is 0 Å². The van der Waals surface area contributed by atoms with Gasteiger partial charge in [0.1, 0.15) is 6.33 Å². The summed E-state index contributed by atoms with van der Waals surface area (Å²) >= 11 is 3.47. The standard InChI is InChI=1S/C21H17BrN4O3/c1-13-8-18(14(2)26(13)17-5-3-4-16(22)9-17)19(27)11-29-21(28)15-6-7-20-24-23-12-25(20)10-15/h3-10,12H,11H2,1-2H3. The maximum Gasteiger partial charge on any atom is 0.340 e. The monoisotopic (exact) mass is 452 g/mol. The van der Waals surface area contributed by atoms with Crippen molar-refractivity contribution < 1.29 is 14.3 Å². The fourth-order valence-corrected chi connectivity index (χ4v) is 3.69. The van der Waals surface area contributed by atoms with E-state index in [1.165, 1.54) is 6.33 Å². The molecule has 0 saturated heterocycles. The number of carbonyl (C=O) groups is 2. The van der Waals surface area contributed by atoms with Gasteiger partial charge in [-0.1, -0.05) is 22.0 Å². The van der Waals surface area contributed by atoms with Crippen molar-refractivity contribution >= 4 is 33.3 Å². The van der Waals surface area contributed by atoms with Crippen LogP contribution < -0.4 is 0 Å². The van der Waals surface area contributed by atoms with E-state index in [-0.39, 0.29) is 12.4 Å². The van der Waals surface area contributed by atoms with E-state index >= 15 is 0 Å². The lowest BCUT2D eigenvalue weighted by molar-refractivity contribution is 0.0474. The Hall–Kier alpha value is -3.26. The van der Waals surface area contributed by atoms with E-state index in [4.69, 9.17) is 4.74 Å². The van der Waals surface area contributed by atoms with Gasteiger partial charge in [0, 0.05) is 33.3 Å². The highest BCUT2D eigenvalue weighted by atomic mass is 79.9. The summed E-state index contributed by atoms with van der Waals surface area (Å²) in [5, 5.41) is 7.65. The normalized spacial score (nSPS) is 11.0. The molecule has 0 spiro atoms. The van der Waals surface area contributed by atoms with Gasteiger partial charge in [-0.15, -0.1) is 10.2 Å². The van der Waals surface area contributed by atoms with Gasteiger partial charge >= 0.3 is 5.97 Å². The van der Waals surface area contributed by atoms with Gasteiger partial charge in [0.25, 0.3) is 0 Å². The van der Waals surface area contributed by atoms with E-state index in [1.54, 1.807) is 22.7 Å². The summed E-state index contributed by atoms with van der Waals surface area (Å²) in [6.45, 7) is 3.48. The number of hydrogen-bond donors (Lipinski definition) is 0. The third-order valence-corrected chi connectivity index (χ3v) is 5.15. The molecule has 0 aliphatic rings. The van der Waals surface area contributed by atoms with E-state index in [0.717, 1.165) is 21.5 Å². The largest absolute Gasteiger partial charge is 0.454 e. The van der Waals surface area contributed by atoms with Crippen molar-refractivity contribution in [1.82, 2.24) is 19.2 Å². The molecule has 0 amide bonds. The number of ether oxygens (including phenoxy) is 1. The Morgan fingerprint density at radius 2 is 1.97 bits per heavy atom. The smallest absolute Gasteiger partial charge is 0.340 e. The number of ketones is 1. The zero-order valence-electron chi connectivity index (χ0n) is 15.8. The molecule has 3 aromatic heterocycles. The lowest BCUT2D eigenvalue weighted by Crippen LogP contribution is -2.15. The maximum atomic E-state index is 12.7. The van der Waals surface area contributed by atoms with Crippen LogP contribution in [-0.4, -0.2) is 37.5 Å². The number of rotatable bonds is 5. The summed E-state index contributed by atoms with van der Waals surface area (Å²) in [4.78, 5) is 25.0. The second-order valence-corrected chi connectivity index (χ2v) is 7.53. The van der Waals surface area contributed by atoms with Gasteiger partial charge in [-0.2, -0.15) is 0 Å². The summed E-state index contributed by atoms with van der Waals surface area (Å²) < 4.78 is 9.81. The number of esters is 1. The minimum absolute atomic E-state index is 0.252. The number of aryl methyl sites for hydroxylation is 1. The summed E-state index contributed by atoms with van der Waals surface area (Å²) in [5.41, 5.74) is 4.15. The van der Waals surface area contributed by atoms with Gasteiger partial charge < -0.3 is 9.30 Å². The molecule has 146 valence electrons. The summed E-state index contributed by atoms with van der Waals surface area (Å²) in [6.07, 6.45) is 3.06. The van der Waals surface area contributed by atoms with Gasteiger partial charge in [0.2, 0.25) is 5.78 Å². The zero-order valence-corrected chi connectivity index (χ0v) is 17.4. The second kappa shape index (κ2) is 7.63. The molecule has 0 N–H and O–H groups in total. The van der Waals surface area contributed by atoms with Gasteiger partial charge in [-0.25, -0.2) is 4.79 Å². The molecular formula is C21H17BrN4O3. The molecule has 0 bridgehead atoms. The number of fused-ring (bicyclic) bond motifs is 1. The Bertz CT molecular complexity index is 1240. The first-order chi connectivity index (χ1) is 13.9. The predicted octanol–water partition coefficient (Wildman–Crippen LogP) is 3.94. The van der Waals surface area contributed by atoms with Crippen LogP contribution in [0, 0.1) is 13.8 Å². The van der Waals surface area contributed by atoms with Gasteiger partial charge in [0.15, 0.2) is 12.3 Å². The fraction of sp³-hybridized carbons (Fsp3) is 0.143. The summed E-state index contributed by atoms with van der Waals surface area (Å²) in [7, 11) is 0. The lowest BCUT2D eigenvalue weighted by Gasteiger charge is -2.10. The molecule has 0 aliphatic heterocycles. The average Bonchev–Trinajstić information content (AvgIpc) is 3.29. The van der Waals surface area contributed by atoms with Crippen LogP contribution in [0.3, 0.4) is 0 Å². The average molecular weight is 453 g/mol. The highest BCUT2D eigenvalue weighted by Crippen LogP contribution is 2.23. The van der Waals surface area contributed by atoms with Crippen LogP contribution in [0.1, 0.15) is 32.1 Å². The lowest BCUT2D eigenvalue weighted by atomic mass is 10.1. The minimum Gasteiger partial charge on any atom is -0.454 e. The van der Waals surface area contributed by atoms with Crippen molar-refractivity contribution in [3.8, 4) is 5.69 Å². The molecule has 8 heteroatoms. The van der Waals surface area contributed by atoms with Crippen molar-refractivity contribution in [2.75, 3.05) is 6.61 Å². The van der Waals surface area contributed by atoms with Crippen LogP contribution in [-0.2, 0) is 4.74 Å². The minimum atomic E-state index is -0.574. The molecular weight excluding hydrogens is 436 g/mol. The summed E-state index contributed by atoms with van der Waals surface area (Å²) in [5.74, 6) is -0.826. The quantitative estimate of drug-likeness (QED) is 0.338. The van der Waals surface area contributed by atoms with Gasteiger partial charge in [0.05, 0.1) is 5.56 Å². The van der Waals surface area contributed by atoms with Crippen LogP contribution in [0.15, 0.2) is 59.5 Å². The van der Waals surface area contributed by atoms with Crippen molar-refractivity contribution in [2.45, 2.75) is 13.8 Å². The first kappa shape index (κ1) is 19.1. The van der Waals surface area contributed by atoms with E-state index in [9.17, 15) is 9.59 Å². The summed E-state index contributed by atoms with van der Waals surface area (Å²) in [6, 6.07) is 12.9. The Kier molecular flexibility index (Phi) is 5.02. The molecule has 0 saturated carbocycles. The van der Waals surface area contributed by atoms with Gasteiger partial charge in [-0.3, -0.25) is 9.20 Å². The molecule has 4 aromatic rings. The molecule has 7 nitrogen and oxygen atoms in total. The first-order valence-corrected chi connectivity index (χ1v) is 9.68. The number of Topliss-reactive ketones (excluding diaryl/α,β-unsaturated/α-hetero) is 1. The van der Waals surface area contributed by atoms with E-state index in [0.29, 0.717) is 16.8 Å². The second-order valence-electron chi connectivity index (χ2n) is 6.61. The Morgan fingerprint density at radius 1 is 1.14 bits per heavy atom. The number of hydrogen-bond acceptors (Lipinski definition) is 5. The Labute approximate surface area is 175 Å². The highest BCUT2D eigenvalue weighted by Gasteiger charge is 2.19. The number of benzene rings is 1. The Morgan fingerprint density at radius 3 is 2.76 bits per heavy atom. The van der Waals surface area contributed by atoms with Crippen molar-refractivity contribution in [2.24, 2.45) is 0 Å². The maximum absolute atomic E-state index is 12.7. The molecule has 0 aliphatic carbocycles. The SMILES string of the molecule is Cc1cc(C(=O)COC(=O)c2ccc3nncn3c2)c(C)n1-c1cccc(Br)c1. The van der Waals surface area contributed by atoms with Crippen molar-refractivity contribution in [1.29, 1.82) is 0 Å². The van der Waals surface area contributed by atoms with Crippen LogP contribution in [0.4, 0.5) is 0 Å². The molecule has 0 radical (unpaired) electrons. The molecule has 1 aromatic carbocycles. The van der Waals surface area contributed by atoms with E-state index in [2.05, 4.69) is 26.1 Å². The van der Waals surface area contributed by atoms with Gasteiger partial charge in [-0.05, 0) is 50.2 Å². The van der Waals surface area contributed by atoms with E-state index in [1.807, 2.05) is 48.7 Å².